The molecular weight excluding hydrogens is 590 g/mol. The van der Waals surface area contributed by atoms with E-state index in [1.165, 1.54) is 0 Å². The van der Waals surface area contributed by atoms with Crippen LogP contribution in [-0.4, -0.2) is 15.0 Å². The number of nitrogens with zero attached hydrogens (tertiary/aromatic N) is 3. The van der Waals surface area contributed by atoms with Gasteiger partial charge in [0.15, 0.2) is 17.5 Å². The minimum Gasteiger partial charge on any atom is -0.456 e. The summed E-state index contributed by atoms with van der Waals surface area (Å²) < 4.78 is 91.2. The van der Waals surface area contributed by atoms with Crippen molar-refractivity contribution >= 4 is 54.6 Å². The maximum absolute atomic E-state index is 9.14. The van der Waals surface area contributed by atoms with Crippen molar-refractivity contribution < 1.29 is 21.2 Å². The Kier molecular flexibility index (Phi) is 4.18. The normalized spacial score (nSPS) is 14.4. The summed E-state index contributed by atoms with van der Waals surface area (Å²) in [7, 11) is 0. The monoisotopic (exact) mass is 624 g/mol. The van der Waals surface area contributed by atoms with Gasteiger partial charge >= 0.3 is 0 Å². The van der Waals surface area contributed by atoms with Crippen molar-refractivity contribution in [2.24, 2.45) is 0 Å². The lowest BCUT2D eigenvalue weighted by atomic mass is 10.0. The minimum atomic E-state index is -0.566. The SMILES string of the molecule is [2H]c1c([2H])c([2H])c2c(oc3c4c([2H])c([2H])c([2H])c([2H])c4c([2H])c([2H])c32)c1-c1nc(-c2ccccc2)nc(-c2ccc3c(c2)oc2ccc(-c4ccccc4)cc23)n1. The van der Waals surface area contributed by atoms with E-state index in [-0.39, 0.29) is 55.7 Å². The zero-order chi connectivity index (χ0) is 39.4. The van der Waals surface area contributed by atoms with Gasteiger partial charge in [-0.25, -0.2) is 15.0 Å². The van der Waals surface area contributed by atoms with Crippen LogP contribution in [0.2, 0.25) is 0 Å². The number of hydrogen-bond acceptors (Lipinski definition) is 5. The van der Waals surface area contributed by atoms with E-state index in [1.54, 1.807) is 0 Å². The average molecular weight is 625 g/mol. The molecule has 3 aromatic heterocycles. The summed E-state index contributed by atoms with van der Waals surface area (Å²) in [6.07, 6.45) is 0. The van der Waals surface area contributed by atoms with E-state index in [1.807, 2.05) is 78.9 Å². The van der Waals surface area contributed by atoms with Gasteiger partial charge in [-0.3, -0.25) is 0 Å². The molecule has 5 heteroatoms. The van der Waals surface area contributed by atoms with E-state index in [4.69, 9.17) is 36.1 Å². The molecule has 0 unspecified atom stereocenters. The van der Waals surface area contributed by atoms with Crippen LogP contribution in [-0.2, 0) is 0 Å². The summed E-state index contributed by atoms with van der Waals surface area (Å²) in [6.45, 7) is 0. The summed E-state index contributed by atoms with van der Waals surface area (Å²) in [4.78, 5) is 14.4. The van der Waals surface area contributed by atoms with Gasteiger partial charge in [-0.1, -0.05) is 115 Å². The Morgan fingerprint density at radius 3 is 1.98 bits per heavy atom. The Morgan fingerprint density at radius 2 is 1.12 bits per heavy atom. The molecule has 0 radical (unpaired) electrons. The molecule has 5 nitrogen and oxygen atoms in total. The van der Waals surface area contributed by atoms with Crippen molar-refractivity contribution in [1.82, 2.24) is 15.0 Å². The van der Waals surface area contributed by atoms with Gasteiger partial charge in [0.2, 0.25) is 0 Å². The van der Waals surface area contributed by atoms with Crippen LogP contribution in [0.25, 0.3) is 99.9 Å². The number of para-hydroxylation sites is 1. The Balaban J connectivity index is 1.24. The Bertz CT molecular complexity index is 3350. The summed E-state index contributed by atoms with van der Waals surface area (Å²) >= 11 is 0. The molecule has 7 aromatic carbocycles. The maximum Gasteiger partial charge on any atom is 0.167 e. The van der Waals surface area contributed by atoms with Gasteiger partial charge in [-0.05, 0) is 52.9 Å². The van der Waals surface area contributed by atoms with Gasteiger partial charge in [-0.2, -0.15) is 0 Å². The molecule has 0 saturated carbocycles. The second-order valence-corrected chi connectivity index (χ2v) is 11.3. The topological polar surface area (TPSA) is 65.0 Å². The maximum atomic E-state index is 9.14. The highest BCUT2D eigenvalue weighted by molar-refractivity contribution is 6.17. The standard InChI is InChI=1S/C43H25N3O2/c1-3-10-26(11-4-1)29-20-23-37-36(24-29)32-21-19-30(25-38(32)47-37)42-44-41(28-13-5-2-6-14-28)45-43(46-42)35-17-9-16-33-34-22-18-27-12-7-8-15-31(27)39(34)48-40(33)35/h1-25H/i7D,8D,9D,12D,15D,16D,17D,18D,22D. The number of rotatable bonds is 4. The molecular formula is C43H25N3O2. The number of hydrogen-bond donors (Lipinski definition) is 0. The molecule has 0 amide bonds. The molecule has 0 spiro atoms. The van der Waals surface area contributed by atoms with Crippen LogP contribution < -0.4 is 0 Å². The fourth-order valence-corrected chi connectivity index (χ4v) is 6.15. The first-order valence-electron chi connectivity index (χ1n) is 19.7. The summed E-state index contributed by atoms with van der Waals surface area (Å²) in [5.41, 5.74) is 4.23. The predicted octanol–water partition coefficient (Wildman–Crippen LogP) is 11.5. The third kappa shape index (κ3) is 4.22. The van der Waals surface area contributed by atoms with E-state index in [9.17, 15) is 0 Å². The highest BCUT2D eigenvalue weighted by Crippen LogP contribution is 2.39. The fraction of sp³-hybridized carbons (Fsp3) is 0. The lowest BCUT2D eigenvalue weighted by molar-refractivity contribution is 0.669. The first kappa shape index (κ1) is 19.2. The second kappa shape index (κ2) is 10.5. The third-order valence-electron chi connectivity index (χ3n) is 8.46. The summed E-state index contributed by atoms with van der Waals surface area (Å²) in [5, 5.41) is 1.30. The van der Waals surface area contributed by atoms with Gasteiger partial charge < -0.3 is 8.83 Å². The molecule has 10 aromatic rings. The molecule has 0 aliphatic rings. The number of aromatic nitrogens is 3. The van der Waals surface area contributed by atoms with Gasteiger partial charge in [0.25, 0.3) is 0 Å². The lowest BCUT2D eigenvalue weighted by Gasteiger charge is -2.09. The second-order valence-electron chi connectivity index (χ2n) is 11.3. The largest absolute Gasteiger partial charge is 0.456 e. The van der Waals surface area contributed by atoms with E-state index >= 15 is 0 Å². The van der Waals surface area contributed by atoms with Crippen LogP contribution in [0.5, 0.6) is 0 Å². The molecule has 10 rings (SSSR count). The van der Waals surface area contributed by atoms with Crippen LogP contribution in [0.4, 0.5) is 0 Å². The highest BCUT2D eigenvalue weighted by Gasteiger charge is 2.19. The third-order valence-corrected chi connectivity index (χ3v) is 8.46. The average Bonchev–Trinajstić information content (AvgIpc) is 3.81. The summed E-state index contributed by atoms with van der Waals surface area (Å²) in [6, 6.07) is 26.4. The molecule has 48 heavy (non-hydrogen) atoms. The summed E-state index contributed by atoms with van der Waals surface area (Å²) in [5.74, 6) is 0.389. The van der Waals surface area contributed by atoms with Crippen molar-refractivity contribution in [3.05, 3.63) is 151 Å². The van der Waals surface area contributed by atoms with Crippen LogP contribution in [0, 0.1) is 0 Å². The Hall–Kier alpha value is -6.59. The predicted molar refractivity (Wildman–Crippen MR) is 194 cm³/mol. The van der Waals surface area contributed by atoms with Crippen molar-refractivity contribution in [3.63, 3.8) is 0 Å². The van der Waals surface area contributed by atoms with E-state index in [2.05, 4.69) is 18.2 Å². The van der Waals surface area contributed by atoms with Crippen molar-refractivity contribution in [2.45, 2.75) is 0 Å². The van der Waals surface area contributed by atoms with E-state index in [0.29, 0.717) is 22.3 Å². The first-order chi connectivity index (χ1) is 27.5. The van der Waals surface area contributed by atoms with E-state index < -0.39 is 54.4 Å². The molecule has 0 fully saturated rings. The molecule has 3 heterocycles. The van der Waals surface area contributed by atoms with E-state index in [0.717, 1.165) is 21.9 Å². The van der Waals surface area contributed by atoms with Crippen LogP contribution in [0.1, 0.15) is 12.3 Å². The van der Waals surface area contributed by atoms with Crippen LogP contribution in [0.15, 0.2) is 160 Å². The number of benzene rings is 7. The molecule has 0 N–H and O–H groups in total. The molecule has 224 valence electrons. The Morgan fingerprint density at radius 1 is 0.417 bits per heavy atom. The van der Waals surface area contributed by atoms with Crippen molar-refractivity contribution in [2.75, 3.05) is 0 Å². The molecule has 0 bridgehead atoms. The minimum absolute atomic E-state index is 0.0672. The molecule has 0 atom stereocenters. The lowest BCUT2D eigenvalue weighted by Crippen LogP contribution is -2.00. The fourth-order valence-electron chi connectivity index (χ4n) is 6.15. The van der Waals surface area contributed by atoms with Gasteiger partial charge in [0, 0.05) is 38.1 Å². The molecule has 0 aliphatic carbocycles. The van der Waals surface area contributed by atoms with Crippen LogP contribution >= 0.6 is 0 Å². The number of furan rings is 2. The van der Waals surface area contributed by atoms with Crippen molar-refractivity contribution in [1.29, 1.82) is 0 Å². The van der Waals surface area contributed by atoms with Gasteiger partial charge in [0.1, 0.15) is 22.3 Å². The quantitative estimate of drug-likeness (QED) is 0.195. The van der Waals surface area contributed by atoms with Gasteiger partial charge in [-0.15, -0.1) is 0 Å². The smallest absolute Gasteiger partial charge is 0.167 e. The highest BCUT2D eigenvalue weighted by atomic mass is 16.3. The zero-order valence-electron chi connectivity index (χ0n) is 33.9. The molecule has 0 saturated heterocycles. The molecule has 0 aliphatic heterocycles. The Labute approximate surface area is 287 Å². The first-order valence-corrected chi connectivity index (χ1v) is 15.2. The van der Waals surface area contributed by atoms with Crippen LogP contribution in [0.3, 0.4) is 0 Å². The van der Waals surface area contributed by atoms with Gasteiger partial charge in [0.05, 0.1) is 17.9 Å². The van der Waals surface area contributed by atoms with Crippen molar-refractivity contribution in [3.8, 4) is 45.3 Å². The zero-order valence-corrected chi connectivity index (χ0v) is 24.9. The number of fused-ring (bicyclic) bond motifs is 8.